The van der Waals surface area contributed by atoms with E-state index in [2.05, 4.69) is 10.5 Å². The van der Waals surface area contributed by atoms with Crippen molar-refractivity contribution in [2.24, 2.45) is 5.73 Å². The molecule has 1 aromatic rings. The van der Waals surface area contributed by atoms with Crippen LogP contribution in [-0.2, 0) is 4.74 Å². The Hall–Kier alpha value is -1.56. The van der Waals surface area contributed by atoms with Gasteiger partial charge in [0.1, 0.15) is 5.00 Å². The SMILES string of the molecule is NC(=O)OC(=O)c1ccsc1N. The lowest BCUT2D eigenvalue weighted by Crippen LogP contribution is -2.18. The molecule has 0 atom stereocenters. The number of ether oxygens (including phenoxy) is 1. The van der Waals surface area contributed by atoms with Crippen molar-refractivity contribution in [1.29, 1.82) is 0 Å². The average molecular weight is 186 g/mol. The predicted octanol–water partition coefficient (Wildman–Crippen LogP) is 0.566. The second-order valence-electron chi connectivity index (χ2n) is 1.91. The number of thiophene rings is 1. The molecule has 0 saturated carbocycles. The monoisotopic (exact) mass is 186 g/mol. The first-order valence-electron chi connectivity index (χ1n) is 2.96. The molecule has 1 heterocycles. The molecule has 0 fully saturated rings. The molecule has 4 N–H and O–H groups in total. The maximum Gasteiger partial charge on any atom is 0.412 e. The molecular formula is C6H6N2O3S. The molecule has 12 heavy (non-hydrogen) atoms. The van der Waals surface area contributed by atoms with Crippen LogP contribution in [0, 0.1) is 0 Å². The van der Waals surface area contributed by atoms with Crippen molar-refractivity contribution in [2.45, 2.75) is 0 Å². The van der Waals surface area contributed by atoms with Crippen molar-refractivity contribution in [3.63, 3.8) is 0 Å². The van der Waals surface area contributed by atoms with Crippen LogP contribution in [-0.4, -0.2) is 12.1 Å². The van der Waals surface area contributed by atoms with Crippen molar-refractivity contribution in [2.75, 3.05) is 5.73 Å². The molecule has 0 aliphatic heterocycles. The number of anilines is 1. The molecular weight excluding hydrogens is 180 g/mol. The van der Waals surface area contributed by atoms with Gasteiger partial charge < -0.3 is 16.2 Å². The first-order chi connectivity index (χ1) is 5.61. The van der Waals surface area contributed by atoms with Gasteiger partial charge in [0.05, 0.1) is 5.56 Å². The lowest BCUT2D eigenvalue weighted by molar-refractivity contribution is 0.0640. The van der Waals surface area contributed by atoms with E-state index in [0.29, 0.717) is 5.00 Å². The third-order valence-corrected chi connectivity index (χ3v) is 1.85. The van der Waals surface area contributed by atoms with E-state index in [4.69, 9.17) is 5.73 Å². The minimum atomic E-state index is -1.13. The van der Waals surface area contributed by atoms with E-state index < -0.39 is 12.1 Å². The Bertz CT molecular complexity index is 320. The van der Waals surface area contributed by atoms with Crippen LogP contribution in [0.4, 0.5) is 9.80 Å². The highest BCUT2D eigenvalue weighted by Crippen LogP contribution is 2.19. The lowest BCUT2D eigenvalue weighted by atomic mass is 10.3. The standard InChI is InChI=1S/C6H6N2O3S/c7-4-3(1-2-12-4)5(9)11-6(8)10/h1-2H,7H2,(H2,8,10). The first-order valence-corrected chi connectivity index (χ1v) is 3.84. The number of amides is 1. The fourth-order valence-corrected chi connectivity index (χ4v) is 1.27. The zero-order valence-electron chi connectivity index (χ0n) is 5.94. The third kappa shape index (κ3) is 1.73. The number of hydrogen-bond donors (Lipinski definition) is 2. The van der Waals surface area contributed by atoms with E-state index in [1.807, 2.05) is 0 Å². The summed E-state index contributed by atoms with van der Waals surface area (Å²) in [5.41, 5.74) is 10.2. The van der Waals surface area contributed by atoms with E-state index in [-0.39, 0.29) is 5.56 Å². The Morgan fingerprint density at radius 1 is 1.50 bits per heavy atom. The summed E-state index contributed by atoms with van der Waals surface area (Å²) in [6.45, 7) is 0. The topological polar surface area (TPSA) is 95.4 Å². The van der Waals surface area contributed by atoms with Gasteiger partial charge >= 0.3 is 12.1 Å². The highest BCUT2D eigenvalue weighted by atomic mass is 32.1. The zero-order valence-corrected chi connectivity index (χ0v) is 6.76. The average Bonchev–Trinajstić information content (AvgIpc) is 2.33. The number of hydrogen-bond acceptors (Lipinski definition) is 5. The van der Waals surface area contributed by atoms with Crippen LogP contribution in [0.2, 0.25) is 0 Å². The summed E-state index contributed by atoms with van der Waals surface area (Å²) in [5, 5.41) is 1.92. The Morgan fingerprint density at radius 2 is 2.17 bits per heavy atom. The third-order valence-electron chi connectivity index (χ3n) is 1.11. The Kier molecular flexibility index (Phi) is 2.29. The number of primary amides is 1. The van der Waals surface area contributed by atoms with Crippen LogP contribution in [0.5, 0.6) is 0 Å². The highest BCUT2D eigenvalue weighted by Gasteiger charge is 2.13. The molecule has 1 amide bonds. The van der Waals surface area contributed by atoms with E-state index in [9.17, 15) is 9.59 Å². The molecule has 0 bridgehead atoms. The molecule has 0 unspecified atom stereocenters. The summed E-state index contributed by atoms with van der Waals surface area (Å²) >= 11 is 1.18. The van der Waals surface area contributed by atoms with Gasteiger partial charge in [0, 0.05) is 0 Å². The van der Waals surface area contributed by atoms with Gasteiger partial charge in [-0.25, -0.2) is 9.59 Å². The minimum Gasteiger partial charge on any atom is -0.390 e. The molecule has 1 rings (SSSR count). The quantitative estimate of drug-likeness (QED) is 0.495. The number of esters is 1. The molecule has 0 aliphatic rings. The van der Waals surface area contributed by atoms with E-state index in [1.54, 1.807) is 5.38 Å². The fourth-order valence-electron chi connectivity index (χ4n) is 0.636. The molecule has 0 aromatic carbocycles. The highest BCUT2D eigenvalue weighted by molar-refractivity contribution is 7.14. The van der Waals surface area contributed by atoms with Crippen LogP contribution in [0.3, 0.4) is 0 Å². The molecule has 0 saturated heterocycles. The van der Waals surface area contributed by atoms with Crippen LogP contribution in [0.1, 0.15) is 10.4 Å². The predicted molar refractivity (Wildman–Crippen MR) is 43.7 cm³/mol. The van der Waals surface area contributed by atoms with Crippen molar-refractivity contribution in [3.05, 3.63) is 17.0 Å². The molecule has 1 aromatic heterocycles. The molecule has 6 heteroatoms. The van der Waals surface area contributed by atoms with E-state index in [0.717, 1.165) is 0 Å². The summed E-state index contributed by atoms with van der Waals surface area (Å²) in [5.74, 6) is -0.818. The van der Waals surface area contributed by atoms with Gasteiger partial charge in [-0.1, -0.05) is 0 Å². The van der Waals surface area contributed by atoms with Crippen molar-refractivity contribution >= 4 is 28.4 Å². The van der Waals surface area contributed by atoms with E-state index in [1.165, 1.54) is 17.4 Å². The second kappa shape index (κ2) is 3.22. The van der Waals surface area contributed by atoms with E-state index >= 15 is 0 Å². The smallest absolute Gasteiger partial charge is 0.390 e. The van der Waals surface area contributed by atoms with Gasteiger partial charge in [0.15, 0.2) is 0 Å². The Labute approximate surface area is 71.9 Å². The summed E-state index contributed by atoms with van der Waals surface area (Å²) in [7, 11) is 0. The van der Waals surface area contributed by atoms with Gasteiger partial charge in [0.25, 0.3) is 0 Å². The zero-order chi connectivity index (χ0) is 9.14. The molecule has 5 nitrogen and oxygen atoms in total. The first kappa shape index (κ1) is 8.54. The van der Waals surface area contributed by atoms with Crippen LogP contribution in [0.15, 0.2) is 11.4 Å². The van der Waals surface area contributed by atoms with Crippen molar-refractivity contribution in [3.8, 4) is 0 Å². The van der Waals surface area contributed by atoms with Crippen LogP contribution < -0.4 is 11.5 Å². The number of nitrogen functional groups attached to an aromatic ring is 1. The molecule has 0 spiro atoms. The van der Waals surface area contributed by atoms with Gasteiger partial charge in [-0.05, 0) is 11.4 Å². The Morgan fingerprint density at radius 3 is 2.58 bits per heavy atom. The summed E-state index contributed by atoms with van der Waals surface area (Å²) in [6, 6.07) is 1.46. The van der Waals surface area contributed by atoms with Crippen LogP contribution in [0.25, 0.3) is 0 Å². The summed E-state index contributed by atoms with van der Waals surface area (Å²) in [4.78, 5) is 21.1. The van der Waals surface area contributed by atoms with Gasteiger partial charge in [-0.3, -0.25) is 0 Å². The summed E-state index contributed by atoms with van der Waals surface area (Å²) in [6.07, 6.45) is -1.13. The van der Waals surface area contributed by atoms with Gasteiger partial charge in [0.2, 0.25) is 0 Å². The minimum absolute atomic E-state index is 0.166. The molecule has 64 valence electrons. The van der Waals surface area contributed by atoms with Crippen molar-refractivity contribution < 1.29 is 14.3 Å². The number of carbonyl (C=O) groups is 2. The number of carbonyl (C=O) groups excluding carboxylic acids is 2. The molecule has 0 aliphatic carbocycles. The van der Waals surface area contributed by atoms with Gasteiger partial charge in [-0.15, -0.1) is 11.3 Å². The number of nitrogens with two attached hydrogens (primary N) is 2. The maximum atomic E-state index is 10.9. The molecule has 0 radical (unpaired) electrons. The van der Waals surface area contributed by atoms with Gasteiger partial charge in [-0.2, -0.15) is 0 Å². The van der Waals surface area contributed by atoms with Crippen LogP contribution >= 0.6 is 11.3 Å². The lowest BCUT2D eigenvalue weighted by Gasteiger charge is -1.96. The Balaban J connectivity index is 2.78. The largest absolute Gasteiger partial charge is 0.412 e. The van der Waals surface area contributed by atoms with Crippen molar-refractivity contribution in [1.82, 2.24) is 0 Å². The fraction of sp³-hybridized carbons (Fsp3) is 0. The maximum absolute atomic E-state index is 10.9. The normalized spacial score (nSPS) is 9.33. The summed E-state index contributed by atoms with van der Waals surface area (Å²) < 4.78 is 4.10. The number of rotatable bonds is 1. The second-order valence-corrected chi connectivity index (χ2v) is 2.85.